The van der Waals surface area contributed by atoms with E-state index in [-0.39, 0.29) is 23.6 Å². The van der Waals surface area contributed by atoms with Crippen molar-refractivity contribution >= 4 is 15.9 Å². The van der Waals surface area contributed by atoms with Crippen LogP contribution in [0.15, 0.2) is 43.0 Å². The molecule has 8 heteroatoms. The number of nitrogens with one attached hydrogen (secondary N) is 1. The van der Waals surface area contributed by atoms with Crippen LogP contribution in [0.1, 0.15) is 12.0 Å². The molecule has 0 radical (unpaired) electrons. The molecule has 128 valence electrons. The van der Waals surface area contributed by atoms with Crippen molar-refractivity contribution in [2.24, 2.45) is 0 Å². The van der Waals surface area contributed by atoms with Crippen molar-refractivity contribution in [1.29, 1.82) is 0 Å². The lowest BCUT2D eigenvalue weighted by atomic mass is 10.1. The standard InChI is InChI=1S/C16H20N4O3S/c1-19(14-6-9-24(22,23)11-14)16(21)18-10-13-4-2-3-5-15(13)20-8-7-17-12-20/h2-5,7-8,12,14H,6,9-11H2,1H3,(H,18,21). The zero-order valence-corrected chi connectivity index (χ0v) is 14.2. The Bertz CT molecular complexity index is 818. The fourth-order valence-electron chi connectivity index (χ4n) is 2.86. The quantitative estimate of drug-likeness (QED) is 0.900. The summed E-state index contributed by atoms with van der Waals surface area (Å²) in [5, 5.41) is 2.86. The predicted molar refractivity (Wildman–Crippen MR) is 90.6 cm³/mol. The van der Waals surface area contributed by atoms with E-state index in [0.717, 1.165) is 11.3 Å². The van der Waals surface area contributed by atoms with E-state index in [2.05, 4.69) is 10.3 Å². The summed E-state index contributed by atoms with van der Waals surface area (Å²) >= 11 is 0. The summed E-state index contributed by atoms with van der Waals surface area (Å²) in [4.78, 5) is 17.8. The minimum atomic E-state index is -3.01. The van der Waals surface area contributed by atoms with E-state index < -0.39 is 9.84 Å². The van der Waals surface area contributed by atoms with Crippen LogP contribution in [0, 0.1) is 0 Å². The lowest BCUT2D eigenvalue weighted by Gasteiger charge is -2.24. The summed E-state index contributed by atoms with van der Waals surface area (Å²) in [6, 6.07) is 7.22. The summed E-state index contributed by atoms with van der Waals surface area (Å²) in [6.45, 7) is 0.358. The number of nitrogens with zero attached hydrogens (tertiary/aromatic N) is 3. The monoisotopic (exact) mass is 348 g/mol. The molecule has 1 N–H and O–H groups in total. The molecule has 0 spiro atoms. The molecule has 2 heterocycles. The molecule has 0 aliphatic carbocycles. The first-order valence-electron chi connectivity index (χ1n) is 7.73. The van der Waals surface area contributed by atoms with Gasteiger partial charge >= 0.3 is 6.03 Å². The summed E-state index contributed by atoms with van der Waals surface area (Å²) in [7, 11) is -1.37. The number of hydrogen-bond donors (Lipinski definition) is 1. The normalized spacial score (nSPS) is 19.1. The van der Waals surface area contributed by atoms with Gasteiger partial charge in [0, 0.05) is 32.0 Å². The van der Waals surface area contributed by atoms with Gasteiger partial charge in [-0.3, -0.25) is 0 Å². The smallest absolute Gasteiger partial charge is 0.317 e. The number of imidazole rings is 1. The van der Waals surface area contributed by atoms with Crippen molar-refractivity contribution in [2.45, 2.75) is 19.0 Å². The van der Waals surface area contributed by atoms with E-state index in [0.29, 0.717) is 13.0 Å². The van der Waals surface area contributed by atoms with Crippen LogP contribution in [0.3, 0.4) is 0 Å². The number of benzene rings is 1. The molecule has 1 atom stereocenters. The third-order valence-corrected chi connectivity index (χ3v) is 6.03. The lowest BCUT2D eigenvalue weighted by Crippen LogP contribution is -2.44. The molecule has 1 aromatic heterocycles. The third kappa shape index (κ3) is 3.59. The van der Waals surface area contributed by atoms with Gasteiger partial charge in [0.1, 0.15) is 0 Å². The number of urea groups is 1. The van der Waals surface area contributed by atoms with E-state index in [1.165, 1.54) is 4.90 Å². The van der Waals surface area contributed by atoms with Gasteiger partial charge in [0.2, 0.25) is 0 Å². The zero-order valence-electron chi connectivity index (χ0n) is 13.4. The van der Waals surface area contributed by atoms with Crippen molar-refractivity contribution in [3.8, 4) is 5.69 Å². The second kappa shape index (κ2) is 6.64. The highest BCUT2D eigenvalue weighted by Crippen LogP contribution is 2.17. The first-order valence-corrected chi connectivity index (χ1v) is 9.56. The number of para-hydroxylation sites is 1. The van der Waals surface area contributed by atoms with Gasteiger partial charge in [0.25, 0.3) is 0 Å². The highest BCUT2D eigenvalue weighted by molar-refractivity contribution is 7.91. The Hall–Kier alpha value is -2.35. The maximum absolute atomic E-state index is 12.3. The Morgan fingerprint density at radius 1 is 1.42 bits per heavy atom. The number of carbonyl (C=O) groups is 1. The van der Waals surface area contributed by atoms with Gasteiger partial charge in [0.05, 0.1) is 23.5 Å². The first-order chi connectivity index (χ1) is 11.5. The van der Waals surface area contributed by atoms with Crippen LogP contribution in [-0.4, -0.2) is 53.5 Å². The SMILES string of the molecule is CN(C(=O)NCc1ccccc1-n1ccnc1)C1CCS(=O)(=O)C1. The maximum Gasteiger partial charge on any atom is 0.317 e. The first kappa shape index (κ1) is 16.5. The fourth-order valence-corrected chi connectivity index (χ4v) is 4.63. The Balaban J connectivity index is 1.65. The van der Waals surface area contributed by atoms with Gasteiger partial charge in [-0.05, 0) is 18.1 Å². The molecule has 1 saturated heterocycles. The number of carbonyl (C=O) groups excluding carboxylic acids is 1. The number of hydrogen-bond acceptors (Lipinski definition) is 4. The molecular weight excluding hydrogens is 328 g/mol. The second-order valence-electron chi connectivity index (χ2n) is 5.93. The summed E-state index contributed by atoms with van der Waals surface area (Å²) in [5.41, 5.74) is 1.90. The highest BCUT2D eigenvalue weighted by Gasteiger charge is 2.32. The van der Waals surface area contributed by atoms with Crippen LogP contribution in [0.25, 0.3) is 5.69 Å². The molecule has 0 bridgehead atoms. The minimum absolute atomic E-state index is 0.0442. The van der Waals surface area contributed by atoms with Crippen molar-refractivity contribution in [3.63, 3.8) is 0 Å². The van der Waals surface area contributed by atoms with Crippen molar-refractivity contribution in [2.75, 3.05) is 18.6 Å². The van der Waals surface area contributed by atoms with E-state index >= 15 is 0 Å². The molecular formula is C16H20N4O3S. The van der Waals surface area contributed by atoms with Crippen LogP contribution < -0.4 is 5.32 Å². The molecule has 3 rings (SSSR count). The predicted octanol–water partition coefficient (Wildman–Crippen LogP) is 1.20. The summed E-state index contributed by atoms with van der Waals surface area (Å²) in [5.74, 6) is 0.196. The van der Waals surface area contributed by atoms with Crippen LogP contribution >= 0.6 is 0 Å². The molecule has 1 aliphatic rings. The minimum Gasteiger partial charge on any atom is -0.334 e. The van der Waals surface area contributed by atoms with Crippen molar-refractivity contribution in [1.82, 2.24) is 19.8 Å². The highest BCUT2D eigenvalue weighted by atomic mass is 32.2. The van der Waals surface area contributed by atoms with Gasteiger partial charge < -0.3 is 14.8 Å². The third-order valence-electron chi connectivity index (χ3n) is 4.28. The van der Waals surface area contributed by atoms with Gasteiger partial charge in [-0.15, -0.1) is 0 Å². The van der Waals surface area contributed by atoms with Gasteiger partial charge in [-0.25, -0.2) is 18.2 Å². The van der Waals surface area contributed by atoms with Gasteiger partial charge in [0.15, 0.2) is 9.84 Å². The zero-order chi connectivity index (χ0) is 17.2. The largest absolute Gasteiger partial charge is 0.334 e. The molecule has 7 nitrogen and oxygen atoms in total. The number of amides is 2. The Morgan fingerprint density at radius 3 is 2.88 bits per heavy atom. The molecule has 24 heavy (non-hydrogen) atoms. The number of sulfone groups is 1. The molecule has 1 aromatic carbocycles. The Morgan fingerprint density at radius 2 is 2.21 bits per heavy atom. The van der Waals surface area contributed by atoms with Gasteiger partial charge in [-0.2, -0.15) is 0 Å². The van der Waals surface area contributed by atoms with Crippen LogP contribution in [0.4, 0.5) is 4.79 Å². The molecule has 1 aliphatic heterocycles. The topological polar surface area (TPSA) is 84.3 Å². The number of aromatic nitrogens is 2. The number of rotatable bonds is 4. The van der Waals surface area contributed by atoms with Crippen molar-refractivity contribution < 1.29 is 13.2 Å². The average molecular weight is 348 g/mol. The molecule has 2 amide bonds. The second-order valence-corrected chi connectivity index (χ2v) is 8.15. The molecule has 2 aromatic rings. The van der Waals surface area contributed by atoms with E-state index in [4.69, 9.17) is 0 Å². The maximum atomic E-state index is 12.3. The van der Waals surface area contributed by atoms with Crippen LogP contribution in [0.5, 0.6) is 0 Å². The molecule has 1 unspecified atom stereocenters. The molecule has 1 fully saturated rings. The molecule has 0 saturated carbocycles. The van der Waals surface area contributed by atoms with E-state index in [1.54, 1.807) is 19.6 Å². The van der Waals surface area contributed by atoms with Gasteiger partial charge in [-0.1, -0.05) is 18.2 Å². The van der Waals surface area contributed by atoms with E-state index in [1.807, 2.05) is 35.0 Å². The van der Waals surface area contributed by atoms with E-state index in [9.17, 15) is 13.2 Å². The van der Waals surface area contributed by atoms with Crippen LogP contribution in [0.2, 0.25) is 0 Å². The lowest BCUT2D eigenvalue weighted by molar-refractivity contribution is 0.194. The Kier molecular flexibility index (Phi) is 4.57. The van der Waals surface area contributed by atoms with Crippen LogP contribution in [-0.2, 0) is 16.4 Å². The van der Waals surface area contributed by atoms with Crippen molar-refractivity contribution in [3.05, 3.63) is 48.5 Å². The average Bonchev–Trinajstić information content (AvgIpc) is 3.21. The summed E-state index contributed by atoms with van der Waals surface area (Å²) < 4.78 is 25.0. The fraction of sp³-hybridized carbons (Fsp3) is 0.375. The summed E-state index contributed by atoms with van der Waals surface area (Å²) in [6.07, 6.45) is 5.74. The Labute approximate surface area is 141 Å².